The summed E-state index contributed by atoms with van der Waals surface area (Å²) in [7, 11) is 0. The van der Waals surface area contributed by atoms with Crippen LogP contribution >= 0.6 is 11.3 Å². The second-order valence-corrected chi connectivity index (χ2v) is 7.18. The third-order valence-electron chi connectivity index (χ3n) is 4.57. The third kappa shape index (κ3) is 4.80. The van der Waals surface area contributed by atoms with E-state index in [2.05, 4.69) is 15.3 Å². The topological polar surface area (TPSA) is 16.1 Å². The summed E-state index contributed by atoms with van der Waals surface area (Å²) in [6, 6.07) is 5.73. The van der Waals surface area contributed by atoms with Crippen LogP contribution in [0.3, 0.4) is 0 Å². The van der Waals surface area contributed by atoms with Gasteiger partial charge in [0.2, 0.25) is 0 Å². The molecule has 2 nitrogen and oxygen atoms in total. The highest BCUT2D eigenvalue weighted by molar-refractivity contribution is 7.07. The van der Waals surface area contributed by atoms with E-state index in [1.54, 1.807) is 17.4 Å². The Bertz CT molecular complexity index is 640. The Labute approximate surface area is 144 Å². The van der Waals surface area contributed by atoms with Crippen molar-refractivity contribution in [3.8, 4) is 0 Å². The number of hydrogen-bond acceptors (Lipinski definition) is 3. The van der Waals surface area contributed by atoms with Crippen LogP contribution < -0.4 is 0 Å². The van der Waals surface area contributed by atoms with Crippen LogP contribution in [0, 0.1) is 5.92 Å². The van der Waals surface area contributed by atoms with E-state index < -0.39 is 11.7 Å². The summed E-state index contributed by atoms with van der Waals surface area (Å²) in [5.41, 5.74) is 3.19. The number of piperidine rings is 1. The fraction of sp³-hybridized carbons (Fsp3) is 0.500. The Kier molecular flexibility index (Phi) is 5.56. The van der Waals surface area contributed by atoms with Crippen molar-refractivity contribution in [1.29, 1.82) is 0 Å². The Morgan fingerprint density at radius 3 is 2.92 bits per heavy atom. The highest BCUT2D eigenvalue weighted by Gasteiger charge is 2.30. The van der Waals surface area contributed by atoms with Gasteiger partial charge in [-0.2, -0.15) is 13.2 Å². The standard InChI is InChI=1S/C18H21F3N2S/c19-18(20,21)16-5-1-3-14(9-16)6-7-15-4-2-8-23(10-15)11-17-12-24-13-22-17/h1,3,5,9,12-13,15H,2,4,6-8,10-11H2. The minimum Gasteiger partial charge on any atom is -0.297 e. The van der Waals surface area contributed by atoms with Crippen LogP contribution in [-0.4, -0.2) is 23.0 Å². The van der Waals surface area contributed by atoms with Crippen LogP contribution in [-0.2, 0) is 19.1 Å². The largest absolute Gasteiger partial charge is 0.416 e. The molecule has 2 heterocycles. The first-order valence-corrected chi connectivity index (χ1v) is 9.20. The lowest BCUT2D eigenvalue weighted by atomic mass is 9.91. The molecule has 130 valence electrons. The van der Waals surface area contributed by atoms with E-state index >= 15 is 0 Å². The first-order valence-electron chi connectivity index (χ1n) is 8.26. The average Bonchev–Trinajstić information content (AvgIpc) is 3.06. The zero-order valence-electron chi connectivity index (χ0n) is 13.4. The number of aryl methyl sites for hydroxylation is 1. The van der Waals surface area contributed by atoms with E-state index in [0.717, 1.165) is 56.2 Å². The lowest BCUT2D eigenvalue weighted by Crippen LogP contribution is -2.35. The Morgan fingerprint density at radius 1 is 1.29 bits per heavy atom. The molecule has 0 bridgehead atoms. The fourth-order valence-corrected chi connectivity index (χ4v) is 3.90. The summed E-state index contributed by atoms with van der Waals surface area (Å²) in [4.78, 5) is 6.74. The molecule has 1 aromatic heterocycles. The lowest BCUT2D eigenvalue weighted by molar-refractivity contribution is -0.137. The molecule has 0 N–H and O–H groups in total. The smallest absolute Gasteiger partial charge is 0.297 e. The molecule has 2 aromatic rings. The number of nitrogens with zero attached hydrogens (tertiary/aromatic N) is 2. The highest BCUT2D eigenvalue weighted by Crippen LogP contribution is 2.30. The van der Waals surface area contributed by atoms with Crippen LogP contribution in [0.1, 0.15) is 36.1 Å². The van der Waals surface area contributed by atoms with Gasteiger partial charge in [-0.25, -0.2) is 4.98 Å². The zero-order chi connectivity index (χ0) is 17.0. The summed E-state index contributed by atoms with van der Waals surface area (Å²) in [6.07, 6.45) is -0.302. The van der Waals surface area contributed by atoms with Gasteiger partial charge in [0.1, 0.15) is 0 Å². The van der Waals surface area contributed by atoms with Gasteiger partial charge in [0.05, 0.1) is 16.8 Å². The number of alkyl halides is 3. The van der Waals surface area contributed by atoms with Gasteiger partial charge < -0.3 is 0 Å². The van der Waals surface area contributed by atoms with E-state index in [9.17, 15) is 13.2 Å². The third-order valence-corrected chi connectivity index (χ3v) is 5.20. The molecular formula is C18H21F3N2S. The predicted octanol–water partition coefficient (Wildman–Crippen LogP) is 5.01. The molecule has 3 rings (SSSR count). The van der Waals surface area contributed by atoms with E-state index in [1.807, 2.05) is 5.51 Å². The summed E-state index contributed by atoms with van der Waals surface area (Å²) in [5.74, 6) is 0.548. The van der Waals surface area contributed by atoms with Crippen molar-refractivity contribution < 1.29 is 13.2 Å². The molecule has 1 aliphatic heterocycles. The van der Waals surface area contributed by atoms with Crippen LogP contribution in [0.15, 0.2) is 35.2 Å². The summed E-state index contributed by atoms with van der Waals surface area (Å²) in [6.45, 7) is 2.97. The van der Waals surface area contributed by atoms with Gasteiger partial charge in [-0.15, -0.1) is 11.3 Å². The van der Waals surface area contributed by atoms with E-state index in [0.29, 0.717) is 12.3 Å². The molecule has 0 spiro atoms. The van der Waals surface area contributed by atoms with Gasteiger partial charge in [-0.05, 0) is 49.8 Å². The fourth-order valence-electron chi connectivity index (χ4n) is 3.35. The van der Waals surface area contributed by atoms with Gasteiger partial charge in [-0.3, -0.25) is 4.90 Å². The van der Waals surface area contributed by atoms with Crippen molar-refractivity contribution in [2.45, 2.75) is 38.4 Å². The number of aromatic nitrogens is 1. The van der Waals surface area contributed by atoms with Crippen molar-refractivity contribution >= 4 is 11.3 Å². The first-order chi connectivity index (χ1) is 11.5. The van der Waals surface area contributed by atoms with Crippen molar-refractivity contribution in [3.63, 3.8) is 0 Å². The van der Waals surface area contributed by atoms with Gasteiger partial charge in [-0.1, -0.05) is 18.2 Å². The Hall–Kier alpha value is -1.40. The monoisotopic (exact) mass is 354 g/mol. The average molecular weight is 354 g/mol. The molecule has 0 radical (unpaired) electrons. The molecule has 0 aliphatic carbocycles. The molecule has 1 aliphatic rings. The maximum atomic E-state index is 12.8. The highest BCUT2D eigenvalue weighted by atomic mass is 32.1. The van der Waals surface area contributed by atoms with E-state index in [1.165, 1.54) is 12.1 Å². The van der Waals surface area contributed by atoms with Crippen LogP contribution in [0.5, 0.6) is 0 Å². The number of rotatable bonds is 5. The molecule has 0 amide bonds. The molecular weight excluding hydrogens is 333 g/mol. The van der Waals surface area contributed by atoms with E-state index in [4.69, 9.17) is 0 Å². The molecule has 1 aromatic carbocycles. The zero-order valence-corrected chi connectivity index (χ0v) is 14.2. The van der Waals surface area contributed by atoms with Crippen molar-refractivity contribution in [2.75, 3.05) is 13.1 Å². The quantitative estimate of drug-likeness (QED) is 0.751. The number of thiazole rings is 1. The summed E-state index contributed by atoms with van der Waals surface area (Å²) >= 11 is 1.61. The SMILES string of the molecule is FC(F)(F)c1cccc(CCC2CCCN(Cc3cscn3)C2)c1. The first kappa shape index (κ1) is 17.4. The van der Waals surface area contributed by atoms with Gasteiger partial charge >= 0.3 is 6.18 Å². The number of hydrogen-bond donors (Lipinski definition) is 0. The molecule has 1 saturated heterocycles. The van der Waals surface area contributed by atoms with Gasteiger partial charge in [0.25, 0.3) is 0 Å². The van der Waals surface area contributed by atoms with E-state index in [-0.39, 0.29) is 0 Å². The minimum absolute atomic E-state index is 0.547. The normalized spacial score (nSPS) is 19.5. The van der Waals surface area contributed by atoms with Gasteiger partial charge in [0.15, 0.2) is 0 Å². The minimum atomic E-state index is -4.26. The van der Waals surface area contributed by atoms with Crippen molar-refractivity contribution in [1.82, 2.24) is 9.88 Å². The second-order valence-electron chi connectivity index (χ2n) is 6.46. The molecule has 6 heteroatoms. The summed E-state index contributed by atoms with van der Waals surface area (Å²) in [5, 5.41) is 2.08. The van der Waals surface area contributed by atoms with Crippen LogP contribution in [0.4, 0.5) is 13.2 Å². The summed E-state index contributed by atoms with van der Waals surface area (Å²) < 4.78 is 38.3. The molecule has 0 saturated carbocycles. The maximum absolute atomic E-state index is 12.8. The van der Waals surface area contributed by atoms with Crippen molar-refractivity contribution in [3.05, 3.63) is 52.0 Å². The van der Waals surface area contributed by atoms with Gasteiger partial charge in [0, 0.05) is 18.5 Å². The lowest BCUT2D eigenvalue weighted by Gasteiger charge is -2.32. The van der Waals surface area contributed by atoms with Crippen molar-refractivity contribution in [2.24, 2.45) is 5.92 Å². The number of likely N-dealkylation sites (tertiary alicyclic amines) is 1. The predicted molar refractivity (Wildman–Crippen MR) is 89.9 cm³/mol. The maximum Gasteiger partial charge on any atom is 0.416 e. The van der Waals surface area contributed by atoms with Crippen LogP contribution in [0.25, 0.3) is 0 Å². The van der Waals surface area contributed by atoms with Crippen LogP contribution in [0.2, 0.25) is 0 Å². The Balaban J connectivity index is 1.53. The Morgan fingerprint density at radius 2 is 2.17 bits per heavy atom. The molecule has 24 heavy (non-hydrogen) atoms. The second kappa shape index (κ2) is 7.66. The molecule has 1 unspecified atom stereocenters. The molecule has 1 fully saturated rings. The number of halogens is 3. The molecule has 1 atom stereocenters. The number of benzene rings is 1.